The Morgan fingerprint density at radius 2 is 2.19 bits per heavy atom. The topological polar surface area (TPSA) is 67.2 Å². The van der Waals surface area contributed by atoms with Crippen molar-refractivity contribution in [1.29, 1.82) is 0 Å². The number of hydrogen-bond acceptors (Lipinski definition) is 3. The number of nitrogens with one attached hydrogen (secondary N) is 1. The van der Waals surface area contributed by atoms with E-state index in [1.54, 1.807) is 6.20 Å². The first-order chi connectivity index (χ1) is 12.5. The quantitative estimate of drug-likeness (QED) is 0.795. The van der Waals surface area contributed by atoms with Gasteiger partial charge in [-0.15, -0.1) is 0 Å². The van der Waals surface area contributed by atoms with E-state index in [1.807, 2.05) is 17.7 Å². The van der Waals surface area contributed by atoms with Crippen LogP contribution < -0.4 is 5.32 Å². The van der Waals surface area contributed by atoms with Crippen LogP contribution in [0.25, 0.3) is 0 Å². The number of carbonyl (C=O) groups is 1. The van der Waals surface area contributed by atoms with Crippen molar-refractivity contribution in [2.24, 2.45) is 5.92 Å². The van der Waals surface area contributed by atoms with E-state index in [2.05, 4.69) is 10.3 Å². The standard InChI is InChI=1S/C19H23F2N3O2/c1-2-17-22-6-8-24(17)7-5-18(26)23-19(12-9-14(25)10-12)15-4-3-13(20)11-16(15)21/h3-4,6,8,11-12,14,19,25H,2,5,7,9-10H2,1H3,(H,23,26)/t12?,14?,19-/m0/s1. The number of benzene rings is 1. The summed E-state index contributed by atoms with van der Waals surface area (Å²) in [6.45, 7) is 2.48. The summed E-state index contributed by atoms with van der Waals surface area (Å²) in [5.41, 5.74) is 0.258. The van der Waals surface area contributed by atoms with Gasteiger partial charge in [-0.05, 0) is 24.8 Å². The summed E-state index contributed by atoms with van der Waals surface area (Å²) in [6.07, 6.45) is 5.08. The fourth-order valence-electron chi connectivity index (χ4n) is 3.43. The lowest BCUT2D eigenvalue weighted by Crippen LogP contribution is -2.42. The Morgan fingerprint density at radius 1 is 1.42 bits per heavy atom. The average Bonchev–Trinajstić information content (AvgIpc) is 3.03. The predicted molar refractivity (Wildman–Crippen MR) is 92.2 cm³/mol. The summed E-state index contributed by atoms with van der Waals surface area (Å²) < 4.78 is 29.3. The molecule has 1 fully saturated rings. The Balaban J connectivity index is 1.68. The van der Waals surface area contributed by atoms with Gasteiger partial charge in [0, 0.05) is 43.4 Å². The van der Waals surface area contributed by atoms with Crippen LogP contribution in [0.5, 0.6) is 0 Å². The highest BCUT2D eigenvalue weighted by Crippen LogP contribution is 2.39. The Morgan fingerprint density at radius 3 is 2.85 bits per heavy atom. The third-order valence-electron chi connectivity index (χ3n) is 4.93. The van der Waals surface area contributed by atoms with Crippen LogP contribution in [0.1, 0.15) is 43.6 Å². The van der Waals surface area contributed by atoms with E-state index >= 15 is 0 Å². The SMILES string of the molecule is CCc1nccn1CCC(=O)N[C@H](c1ccc(F)cc1F)C1CC(O)C1. The lowest BCUT2D eigenvalue weighted by atomic mass is 9.75. The summed E-state index contributed by atoms with van der Waals surface area (Å²) in [5, 5.41) is 12.4. The molecule has 1 heterocycles. The molecule has 7 heteroatoms. The summed E-state index contributed by atoms with van der Waals surface area (Å²) in [5.74, 6) is -0.706. The molecule has 0 aliphatic heterocycles. The minimum absolute atomic E-state index is 0.0617. The van der Waals surface area contributed by atoms with E-state index in [1.165, 1.54) is 12.1 Å². The summed E-state index contributed by atoms with van der Waals surface area (Å²) in [6, 6.07) is 2.81. The van der Waals surface area contributed by atoms with E-state index < -0.39 is 23.8 Å². The Labute approximate surface area is 151 Å². The first-order valence-electron chi connectivity index (χ1n) is 8.90. The molecule has 2 N–H and O–H groups in total. The molecule has 1 aromatic carbocycles. The van der Waals surface area contributed by atoms with Gasteiger partial charge in [0.25, 0.3) is 0 Å². The first kappa shape index (κ1) is 18.5. The van der Waals surface area contributed by atoms with Gasteiger partial charge in [-0.1, -0.05) is 13.0 Å². The first-order valence-corrected chi connectivity index (χ1v) is 8.90. The molecule has 1 atom stereocenters. The van der Waals surface area contributed by atoms with Crippen LogP contribution >= 0.6 is 0 Å². The fourth-order valence-corrected chi connectivity index (χ4v) is 3.43. The minimum Gasteiger partial charge on any atom is -0.393 e. The minimum atomic E-state index is -0.681. The highest BCUT2D eigenvalue weighted by Gasteiger charge is 2.36. The molecule has 26 heavy (non-hydrogen) atoms. The van der Waals surface area contributed by atoms with E-state index in [0.717, 1.165) is 18.3 Å². The molecule has 1 saturated carbocycles. The second-order valence-electron chi connectivity index (χ2n) is 6.74. The average molecular weight is 363 g/mol. The molecule has 1 aliphatic rings. The monoisotopic (exact) mass is 363 g/mol. The fraction of sp³-hybridized carbons (Fsp3) is 0.474. The van der Waals surface area contributed by atoms with Crippen molar-refractivity contribution < 1.29 is 18.7 Å². The molecule has 140 valence electrons. The second-order valence-corrected chi connectivity index (χ2v) is 6.74. The van der Waals surface area contributed by atoms with Crippen molar-refractivity contribution in [3.63, 3.8) is 0 Å². The van der Waals surface area contributed by atoms with Gasteiger partial charge in [0.15, 0.2) is 0 Å². The van der Waals surface area contributed by atoms with Crippen LogP contribution in [0.4, 0.5) is 8.78 Å². The van der Waals surface area contributed by atoms with Crippen LogP contribution in [0, 0.1) is 17.6 Å². The number of aryl methyl sites for hydroxylation is 2. The van der Waals surface area contributed by atoms with E-state index in [4.69, 9.17) is 0 Å². The van der Waals surface area contributed by atoms with Gasteiger partial charge in [0.05, 0.1) is 12.1 Å². The van der Waals surface area contributed by atoms with Gasteiger partial charge < -0.3 is 15.0 Å². The number of carbonyl (C=O) groups excluding carboxylic acids is 1. The van der Waals surface area contributed by atoms with Gasteiger partial charge in [0.2, 0.25) is 5.91 Å². The lowest BCUT2D eigenvalue weighted by Gasteiger charge is -2.38. The number of hydrogen-bond donors (Lipinski definition) is 2. The summed E-state index contributed by atoms with van der Waals surface area (Å²) >= 11 is 0. The molecule has 3 rings (SSSR count). The van der Waals surface area contributed by atoms with Gasteiger partial charge in [0.1, 0.15) is 17.5 Å². The van der Waals surface area contributed by atoms with Crippen molar-refractivity contribution in [1.82, 2.24) is 14.9 Å². The highest BCUT2D eigenvalue weighted by atomic mass is 19.1. The van der Waals surface area contributed by atoms with Gasteiger partial charge >= 0.3 is 0 Å². The number of halogens is 2. The number of rotatable bonds is 7. The smallest absolute Gasteiger partial charge is 0.222 e. The molecule has 5 nitrogen and oxygen atoms in total. The number of amides is 1. The molecule has 0 unspecified atom stereocenters. The van der Waals surface area contributed by atoms with Gasteiger partial charge in [-0.3, -0.25) is 4.79 Å². The van der Waals surface area contributed by atoms with Crippen molar-refractivity contribution in [2.45, 2.75) is 51.3 Å². The van der Waals surface area contributed by atoms with Crippen molar-refractivity contribution in [2.75, 3.05) is 0 Å². The maximum atomic E-state index is 14.2. The molecule has 1 aromatic heterocycles. The van der Waals surface area contributed by atoms with E-state index in [-0.39, 0.29) is 23.8 Å². The normalized spacial score (nSPS) is 20.5. The number of aliphatic hydroxyl groups is 1. The van der Waals surface area contributed by atoms with Crippen LogP contribution in [-0.4, -0.2) is 26.7 Å². The molecule has 0 saturated heterocycles. The van der Waals surface area contributed by atoms with E-state index in [9.17, 15) is 18.7 Å². The lowest BCUT2D eigenvalue weighted by molar-refractivity contribution is -0.123. The van der Waals surface area contributed by atoms with Crippen molar-refractivity contribution in [3.8, 4) is 0 Å². The largest absolute Gasteiger partial charge is 0.393 e. The predicted octanol–water partition coefficient (Wildman–Crippen LogP) is 2.74. The Hall–Kier alpha value is -2.28. The third-order valence-corrected chi connectivity index (χ3v) is 4.93. The zero-order chi connectivity index (χ0) is 18.7. The van der Waals surface area contributed by atoms with E-state index in [0.29, 0.717) is 19.4 Å². The van der Waals surface area contributed by atoms with Gasteiger partial charge in [-0.25, -0.2) is 13.8 Å². The summed E-state index contributed by atoms with van der Waals surface area (Å²) in [4.78, 5) is 16.6. The molecular formula is C19H23F2N3O2. The zero-order valence-corrected chi connectivity index (χ0v) is 14.7. The van der Waals surface area contributed by atoms with Crippen LogP contribution in [0.15, 0.2) is 30.6 Å². The maximum Gasteiger partial charge on any atom is 0.222 e. The zero-order valence-electron chi connectivity index (χ0n) is 14.7. The van der Waals surface area contributed by atoms with Crippen molar-refractivity contribution >= 4 is 5.91 Å². The molecule has 1 aliphatic carbocycles. The molecule has 1 amide bonds. The van der Waals surface area contributed by atoms with Crippen LogP contribution in [0.3, 0.4) is 0 Å². The number of aromatic nitrogens is 2. The highest BCUT2D eigenvalue weighted by molar-refractivity contribution is 5.76. The Kier molecular flexibility index (Phi) is 5.66. The maximum absolute atomic E-state index is 14.2. The Bertz CT molecular complexity index is 772. The summed E-state index contributed by atoms with van der Waals surface area (Å²) in [7, 11) is 0. The van der Waals surface area contributed by atoms with Crippen molar-refractivity contribution in [3.05, 3.63) is 53.6 Å². The molecule has 0 radical (unpaired) electrons. The second kappa shape index (κ2) is 7.95. The van der Waals surface area contributed by atoms with Crippen LogP contribution in [-0.2, 0) is 17.8 Å². The molecular weight excluding hydrogens is 340 g/mol. The third kappa shape index (κ3) is 4.09. The molecule has 2 aromatic rings. The molecule has 0 bridgehead atoms. The van der Waals surface area contributed by atoms with Crippen LogP contribution in [0.2, 0.25) is 0 Å². The number of aliphatic hydroxyl groups excluding tert-OH is 1. The number of nitrogens with zero attached hydrogens (tertiary/aromatic N) is 2. The molecule has 0 spiro atoms. The number of imidazole rings is 1. The van der Waals surface area contributed by atoms with Gasteiger partial charge in [-0.2, -0.15) is 0 Å².